The van der Waals surface area contributed by atoms with Crippen LogP contribution in [0.25, 0.3) is 0 Å². The van der Waals surface area contributed by atoms with Crippen LogP contribution in [0.5, 0.6) is 5.75 Å². The number of carbonyl (C=O) groups excluding carboxylic acids is 2. The molecule has 4 nitrogen and oxygen atoms in total. The Kier molecular flexibility index (Phi) is 2.64. The molecule has 2 amide bonds. The standard InChI is InChI=1S/C14H8BrNO3/c15-8-5-6-9-10(7-8)14(19)16(13(9)18)11-3-1-2-4-12(11)17/h1-7,17H. The summed E-state index contributed by atoms with van der Waals surface area (Å²) in [5.41, 5.74) is 0.879. The van der Waals surface area contributed by atoms with Crippen molar-refractivity contribution in [2.45, 2.75) is 0 Å². The van der Waals surface area contributed by atoms with Gasteiger partial charge in [0.05, 0.1) is 16.8 Å². The van der Waals surface area contributed by atoms with E-state index in [9.17, 15) is 14.7 Å². The number of nitrogens with zero attached hydrogens (tertiary/aromatic N) is 1. The van der Waals surface area contributed by atoms with Gasteiger partial charge in [-0.15, -0.1) is 0 Å². The molecule has 2 aromatic carbocycles. The van der Waals surface area contributed by atoms with Gasteiger partial charge in [-0.2, -0.15) is 0 Å². The Balaban J connectivity index is 2.16. The summed E-state index contributed by atoms with van der Waals surface area (Å²) in [5, 5.41) is 9.78. The lowest BCUT2D eigenvalue weighted by Gasteiger charge is -2.14. The number of carbonyl (C=O) groups is 2. The Hall–Kier alpha value is -2.14. The van der Waals surface area contributed by atoms with Gasteiger partial charge in [0, 0.05) is 4.47 Å². The van der Waals surface area contributed by atoms with E-state index >= 15 is 0 Å². The number of rotatable bonds is 1. The molecule has 0 unspecified atom stereocenters. The summed E-state index contributed by atoms with van der Waals surface area (Å²) in [6.07, 6.45) is 0. The third-order valence-electron chi connectivity index (χ3n) is 2.97. The summed E-state index contributed by atoms with van der Waals surface area (Å²) in [7, 11) is 0. The highest BCUT2D eigenvalue weighted by molar-refractivity contribution is 9.10. The summed E-state index contributed by atoms with van der Waals surface area (Å²) in [6, 6.07) is 11.2. The van der Waals surface area contributed by atoms with Crippen molar-refractivity contribution in [3.63, 3.8) is 0 Å². The number of fused-ring (bicyclic) bond motifs is 1. The second-order valence-electron chi connectivity index (χ2n) is 4.12. The number of halogens is 1. The minimum atomic E-state index is -0.428. The molecule has 1 aliphatic rings. The van der Waals surface area contributed by atoms with Crippen LogP contribution in [0.1, 0.15) is 20.7 Å². The van der Waals surface area contributed by atoms with Crippen molar-refractivity contribution in [2.75, 3.05) is 4.90 Å². The molecule has 1 aliphatic heterocycles. The number of aromatic hydroxyl groups is 1. The number of phenolic OH excluding ortho intramolecular Hbond substituents is 1. The van der Waals surface area contributed by atoms with Gasteiger partial charge in [-0.05, 0) is 30.3 Å². The molecular formula is C14H8BrNO3. The third kappa shape index (κ3) is 1.74. The number of imide groups is 1. The molecule has 94 valence electrons. The topological polar surface area (TPSA) is 57.6 Å². The molecule has 19 heavy (non-hydrogen) atoms. The monoisotopic (exact) mass is 317 g/mol. The smallest absolute Gasteiger partial charge is 0.266 e. The number of benzene rings is 2. The van der Waals surface area contributed by atoms with Gasteiger partial charge in [0.25, 0.3) is 11.8 Å². The maximum Gasteiger partial charge on any atom is 0.266 e. The molecule has 0 fully saturated rings. The quantitative estimate of drug-likeness (QED) is 0.823. The van der Waals surface area contributed by atoms with E-state index in [2.05, 4.69) is 15.9 Å². The van der Waals surface area contributed by atoms with Crippen LogP contribution in [0, 0.1) is 0 Å². The van der Waals surface area contributed by atoms with Gasteiger partial charge >= 0.3 is 0 Å². The van der Waals surface area contributed by atoms with Gasteiger partial charge in [0.15, 0.2) is 0 Å². The van der Waals surface area contributed by atoms with Crippen molar-refractivity contribution in [2.24, 2.45) is 0 Å². The van der Waals surface area contributed by atoms with E-state index in [1.165, 1.54) is 12.1 Å². The average Bonchev–Trinajstić information content (AvgIpc) is 2.63. The number of amides is 2. The molecule has 0 bridgehead atoms. The summed E-state index contributed by atoms with van der Waals surface area (Å²) in [4.78, 5) is 25.5. The molecule has 0 radical (unpaired) electrons. The largest absolute Gasteiger partial charge is 0.506 e. The van der Waals surface area contributed by atoms with Crippen LogP contribution in [0.4, 0.5) is 5.69 Å². The number of anilines is 1. The zero-order valence-electron chi connectivity index (χ0n) is 9.63. The highest BCUT2D eigenvalue weighted by Crippen LogP contribution is 2.34. The van der Waals surface area contributed by atoms with E-state index in [0.717, 1.165) is 9.37 Å². The molecule has 0 saturated heterocycles. The molecule has 2 aromatic rings. The second-order valence-corrected chi connectivity index (χ2v) is 5.04. The van der Waals surface area contributed by atoms with Gasteiger partial charge < -0.3 is 5.11 Å². The lowest BCUT2D eigenvalue weighted by molar-refractivity contribution is 0.0925. The SMILES string of the molecule is O=C1c2ccc(Br)cc2C(=O)N1c1ccccc1O. The molecule has 0 aromatic heterocycles. The van der Waals surface area contributed by atoms with Crippen LogP contribution < -0.4 is 4.90 Å². The molecular weight excluding hydrogens is 310 g/mol. The third-order valence-corrected chi connectivity index (χ3v) is 3.46. The van der Waals surface area contributed by atoms with Crippen molar-refractivity contribution in [1.82, 2.24) is 0 Å². The Morgan fingerprint density at radius 1 is 0.947 bits per heavy atom. The fourth-order valence-electron chi connectivity index (χ4n) is 2.09. The van der Waals surface area contributed by atoms with Gasteiger partial charge in [-0.25, -0.2) is 4.90 Å². The van der Waals surface area contributed by atoms with Crippen molar-refractivity contribution < 1.29 is 14.7 Å². The average molecular weight is 318 g/mol. The first-order chi connectivity index (χ1) is 9.09. The van der Waals surface area contributed by atoms with E-state index in [-0.39, 0.29) is 11.4 Å². The number of phenols is 1. The van der Waals surface area contributed by atoms with Crippen LogP contribution in [0.3, 0.4) is 0 Å². The van der Waals surface area contributed by atoms with Gasteiger partial charge in [-0.1, -0.05) is 28.1 Å². The second kappa shape index (κ2) is 4.20. The minimum Gasteiger partial charge on any atom is -0.506 e. The van der Waals surface area contributed by atoms with Crippen molar-refractivity contribution in [3.8, 4) is 5.75 Å². The number of hydrogen-bond donors (Lipinski definition) is 1. The van der Waals surface area contributed by atoms with Crippen molar-refractivity contribution >= 4 is 33.4 Å². The lowest BCUT2D eigenvalue weighted by atomic mass is 10.1. The lowest BCUT2D eigenvalue weighted by Crippen LogP contribution is -2.29. The van der Waals surface area contributed by atoms with E-state index in [4.69, 9.17) is 0 Å². The molecule has 1 heterocycles. The Morgan fingerprint density at radius 3 is 2.37 bits per heavy atom. The van der Waals surface area contributed by atoms with Crippen molar-refractivity contribution in [3.05, 3.63) is 58.1 Å². The highest BCUT2D eigenvalue weighted by Gasteiger charge is 2.37. The maximum atomic E-state index is 12.3. The summed E-state index contributed by atoms with van der Waals surface area (Å²) >= 11 is 3.27. The molecule has 0 atom stereocenters. The predicted octanol–water partition coefficient (Wildman–Crippen LogP) is 2.96. The molecule has 3 rings (SSSR count). The summed E-state index contributed by atoms with van der Waals surface area (Å²) in [6.45, 7) is 0. The Morgan fingerprint density at radius 2 is 1.63 bits per heavy atom. The number of para-hydroxylation sites is 2. The highest BCUT2D eigenvalue weighted by atomic mass is 79.9. The first-order valence-corrected chi connectivity index (χ1v) is 6.35. The van der Waals surface area contributed by atoms with E-state index in [1.807, 2.05) is 0 Å². The summed E-state index contributed by atoms with van der Waals surface area (Å²) < 4.78 is 0.728. The molecule has 0 spiro atoms. The van der Waals surface area contributed by atoms with Crippen LogP contribution >= 0.6 is 15.9 Å². The fraction of sp³-hybridized carbons (Fsp3) is 0. The van der Waals surface area contributed by atoms with Crippen LogP contribution in [0.15, 0.2) is 46.9 Å². The Bertz CT molecular complexity index is 712. The van der Waals surface area contributed by atoms with Gasteiger partial charge in [0.1, 0.15) is 5.75 Å². The molecule has 5 heteroatoms. The predicted molar refractivity (Wildman–Crippen MR) is 73.4 cm³/mol. The first-order valence-electron chi connectivity index (χ1n) is 5.56. The maximum absolute atomic E-state index is 12.3. The zero-order valence-corrected chi connectivity index (χ0v) is 11.2. The number of hydrogen-bond acceptors (Lipinski definition) is 3. The van der Waals surface area contributed by atoms with E-state index in [1.54, 1.807) is 30.3 Å². The minimum absolute atomic E-state index is 0.101. The zero-order chi connectivity index (χ0) is 13.6. The molecule has 1 N–H and O–H groups in total. The van der Waals surface area contributed by atoms with E-state index < -0.39 is 11.8 Å². The van der Waals surface area contributed by atoms with Crippen molar-refractivity contribution in [1.29, 1.82) is 0 Å². The molecule has 0 saturated carbocycles. The van der Waals surface area contributed by atoms with Gasteiger partial charge in [-0.3, -0.25) is 9.59 Å². The van der Waals surface area contributed by atoms with E-state index in [0.29, 0.717) is 11.1 Å². The normalized spacial score (nSPS) is 13.8. The van der Waals surface area contributed by atoms with Crippen LogP contribution in [0.2, 0.25) is 0 Å². The molecule has 0 aliphatic carbocycles. The van der Waals surface area contributed by atoms with Gasteiger partial charge in [0.2, 0.25) is 0 Å². The first kappa shape index (κ1) is 11.9. The van der Waals surface area contributed by atoms with Crippen LogP contribution in [-0.4, -0.2) is 16.9 Å². The van der Waals surface area contributed by atoms with Crippen LogP contribution in [-0.2, 0) is 0 Å². The Labute approximate surface area is 117 Å². The summed E-state index contributed by atoms with van der Waals surface area (Å²) in [5.74, 6) is -0.951. The fourth-order valence-corrected chi connectivity index (χ4v) is 2.45.